The van der Waals surface area contributed by atoms with Crippen LogP contribution in [0.5, 0.6) is 0 Å². The number of hydrogen-bond donors (Lipinski definition) is 0. The van der Waals surface area contributed by atoms with Crippen molar-refractivity contribution in [3.8, 4) is 0 Å². The van der Waals surface area contributed by atoms with E-state index in [2.05, 4.69) is 30.8 Å². The van der Waals surface area contributed by atoms with Crippen LogP contribution >= 0.6 is 17.9 Å². The Balaban J connectivity index is 2.50. The van der Waals surface area contributed by atoms with Gasteiger partial charge in [-0.1, -0.05) is 0 Å². The molecule has 2 aromatic carbocycles. The summed E-state index contributed by atoms with van der Waals surface area (Å²) in [6.07, 6.45) is 2.78. The predicted molar refractivity (Wildman–Crippen MR) is 81.4 cm³/mol. The van der Waals surface area contributed by atoms with Crippen LogP contribution in [0.2, 0.25) is 0 Å². The molecule has 17 heavy (non-hydrogen) atoms. The first-order chi connectivity index (χ1) is 8.27. The van der Waals surface area contributed by atoms with E-state index < -0.39 is 6.62 Å². The van der Waals surface area contributed by atoms with E-state index in [0.29, 0.717) is 0 Å². The topological polar surface area (TPSA) is 0 Å². The van der Waals surface area contributed by atoms with Crippen LogP contribution in [0.25, 0.3) is 0 Å². The summed E-state index contributed by atoms with van der Waals surface area (Å²) in [6.45, 7) is 1.70. The van der Waals surface area contributed by atoms with Crippen molar-refractivity contribution in [2.75, 3.05) is 6.16 Å². The van der Waals surface area contributed by atoms with Crippen LogP contribution in [-0.2, 0) is 0 Å². The van der Waals surface area contributed by atoms with Crippen molar-refractivity contribution in [1.82, 2.24) is 0 Å². The molecule has 0 spiro atoms. The number of rotatable bonds is 4. The summed E-state index contributed by atoms with van der Waals surface area (Å²) in [7, 11) is 0. The van der Waals surface area contributed by atoms with Crippen LogP contribution < -0.4 is 10.6 Å². The van der Waals surface area contributed by atoms with Gasteiger partial charge in [0.2, 0.25) is 0 Å². The molecule has 0 saturated heterocycles. The Morgan fingerprint density at radius 1 is 0.882 bits per heavy atom. The first-order valence-electron chi connectivity index (χ1n) is 5.68. The Kier molecular flexibility index (Phi) is 3.99. The van der Waals surface area contributed by atoms with Crippen molar-refractivity contribution < 1.29 is 0 Å². The second kappa shape index (κ2) is 5.49. The fourth-order valence-corrected chi connectivity index (χ4v) is 5.73. The Bertz CT molecular complexity index is 439. The molecule has 2 aromatic rings. The van der Waals surface area contributed by atoms with Crippen molar-refractivity contribution in [2.45, 2.75) is 0 Å². The first kappa shape index (κ1) is 12.4. The second-order valence-electron chi connectivity index (χ2n) is 4.03. The average molecular weight is 263 g/mol. The third-order valence-electron chi connectivity index (χ3n) is 2.89. The van der Waals surface area contributed by atoms with E-state index in [9.17, 15) is 0 Å². The fourth-order valence-electron chi connectivity index (χ4n) is 2.01. The van der Waals surface area contributed by atoms with Gasteiger partial charge in [0, 0.05) is 0 Å². The molecule has 0 amide bonds. The summed E-state index contributed by atoms with van der Waals surface area (Å²) in [5.74, 6) is 0. The van der Waals surface area contributed by atoms with Crippen molar-refractivity contribution in [2.24, 2.45) is 0 Å². The van der Waals surface area contributed by atoms with E-state index in [1.165, 1.54) is 10.6 Å². The van der Waals surface area contributed by atoms with Gasteiger partial charge in [0.1, 0.15) is 0 Å². The minimum atomic E-state index is -2.15. The molecule has 0 fully saturated rings. The molecule has 0 heterocycles. The molecule has 0 aliphatic carbocycles. The second-order valence-corrected chi connectivity index (χ2v) is 9.13. The van der Waals surface area contributed by atoms with Crippen molar-refractivity contribution in [3.05, 3.63) is 73.3 Å². The van der Waals surface area contributed by atoms with E-state index in [4.69, 9.17) is 11.2 Å². The Labute approximate surface area is 108 Å². The van der Waals surface area contributed by atoms with Crippen LogP contribution in [0.4, 0.5) is 0 Å². The van der Waals surface area contributed by atoms with Gasteiger partial charge in [-0.25, -0.2) is 0 Å². The summed E-state index contributed by atoms with van der Waals surface area (Å²) in [4.78, 5) is 0. The van der Waals surface area contributed by atoms with Gasteiger partial charge in [0.15, 0.2) is 0 Å². The third kappa shape index (κ3) is 2.60. The molecule has 0 aliphatic rings. The summed E-state index contributed by atoms with van der Waals surface area (Å²) < 4.78 is 0. The molecule has 88 valence electrons. The first-order valence-corrected chi connectivity index (χ1v) is 8.90. The molecule has 0 nitrogen and oxygen atoms in total. The minimum absolute atomic E-state index is 0.850. The number of benzene rings is 2. The molecule has 0 aromatic heterocycles. The third-order valence-corrected chi connectivity index (χ3v) is 8.01. The van der Waals surface area contributed by atoms with Crippen LogP contribution in [0, 0.1) is 0 Å². The fraction of sp³-hybridized carbons (Fsp3) is 0.0667. The molecule has 0 aliphatic heterocycles. The van der Waals surface area contributed by atoms with Gasteiger partial charge in [0.05, 0.1) is 0 Å². The van der Waals surface area contributed by atoms with Gasteiger partial charge >= 0.3 is 108 Å². The van der Waals surface area contributed by atoms with Crippen molar-refractivity contribution in [3.63, 3.8) is 0 Å². The van der Waals surface area contributed by atoms with Gasteiger partial charge in [-0.2, -0.15) is 0 Å². The number of halogens is 1. The van der Waals surface area contributed by atoms with Gasteiger partial charge in [-0.15, -0.1) is 0 Å². The maximum absolute atomic E-state index is 6.96. The van der Waals surface area contributed by atoms with Gasteiger partial charge < -0.3 is 0 Å². The molecule has 2 heteroatoms. The Morgan fingerprint density at radius 2 is 1.29 bits per heavy atom. The van der Waals surface area contributed by atoms with Gasteiger partial charge in [-0.3, -0.25) is 0 Å². The van der Waals surface area contributed by atoms with Crippen LogP contribution in [0.1, 0.15) is 0 Å². The van der Waals surface area contributed by atoms with Crippen LogP contribution in [0.15, 0.2) is 73.3 Å². The van der Waals surface area contributed by atoms with Gasteiger partial charge in [-0.05, 0) is 0 Å². The average Bonchev–Trinajstić information content (AvgIpc) is 2.41. The normalized spacial score (nSPS) is 12.1. The van der Waals surface area contributed by atoms with E-state index in [0.717, 1.165) is 6.16 Å². The van der Waals surface area contributed by atoms with Crippen molar-refractivity contribution >= 4 is 28.5 Å². The molecule has 0 radical (unpaired) electrons. The van der Waals surface area contributed by atoms with E-state index in [-0.39, 0.29) is 0 Å². The monoisotopic (exact) mass is 262 g/mol. The molecule has 0 atom stereocenters. The van der Waals surface area contributed by atoms with Gasteiger partial charge in [0.25, 0.3) is 0 Å². The van der Waals surface area contributed by atoms with E-state index >= 15 is 0 Å². The molecular weight excluding hydrogens is 247 g/mol. The SMILES string of the molecule is C=CC[PH](Cl)(c1ccccc1)c1ccccc1. The summed E-state index contributed by atoms with van der Waals surface area (Å²) >= 11 is 6.96. The van der Waals surface area contributed by atoms with Crippen molar-refractivity contribution in [1.29, 1.82) is 0 Å². The van der Waals surface area contributed by atoms with E-state index in [1.807, 2.05) is 42.5 Å². The molecule has 0 bridgehead atoms. The van der Waals surface area contributed by atoms with E-state index in [1.54, 1.807) is 0 Å². The standard InChI is InChI=1S/C15H16ClP/c1-2-13-17(16,14-9-5-3-6-10-14)15-11-7-4-8-12-15/h2-12,17H,1,13H2. The Hall–Kier alpha value is -1.10. The molecule has 2 rings (SSSR count). The summed E-state index contributed by atoms with van der Waals surface area (Å²) in [6, 6.07) is 20.7. The quantitative estimate of drug-likeness (QED) is 0.582. The zero-order chi connectivity index (χ0) is 12.1. The summed E-state index contributed by atoms with van der Waals surface area (Å²) in [5, 5.41) is 2.49. The zero-order valence-corrected chi connectivity index (χ0v) is 11.4. The predicted octanol–water partition coefficient (Wildman–Crippen LogP) is 3.73. The summed E-state index contributed by atoms with van der Waals surface area (Å²) in [5.41, 5.74) is 0. The van der Waals surface area contributed by atoms with Crippen LogP contribution in [-0.4, -0.2) is 6.16 Å². The zero-order valence-electron chi connectivity index (χ0n) is 9.64. The Morgan fingerprint density at radius 3 is 1.65 bits per heavy atom. The molecule has 0 saturated carbocycles. The maximum atomic E-state index is 6.96. The number of allylic oxidation sites excluding steroid dienone is 1. The number of hydrogen-bond acceptors (Lipinski definition) is 0. The molecular formula is C15H16ClP. The molecule has 0 N–H and O–H groups in total. The van der Waals surface area contributed by atoms with Crippen LogP contribution in [0.3, 0.4) is 0 Å². The molecule has 0 unspecified atom stereocenters.